The summed E-state index contributed by atoms with van der Waals surface area (Å²) in [6.07, 6.45) is 2.47. The summed E-state index contributed by atoms with van der Waals surface area (Å²) in [5.74, 6) is 0.706. The molecule has 2 aliphatic heterocycles. The van der Waals surface area contributed by atoms with Crippen molar-refractivity contribution in [2.24, 2.45) is 0 Å². The van der Waals surface area contributed by atoms with Crippen LogP contribution in [-0.4, -0.2) is 54.8 Å². The minimum absolute atomic E-state index is 0.126. The van der Waals surface area contributed by atoms with Crippen molar-refractivity contribution < 1.29 is 9.53 Å². The fourth-order valence-electron chi connectivity index (χ4n) is 7.57. The van der Waals surface area contributed by atoms with Crippen LogP contribution >= 0.6 is 0 Å². The largest absolute Gasteiger partial charge is 0.450 e. The summed E-state index contributed by atoms with van der Waals surface area (Å²) >= 11 is 0. The number of likely N-dealkylation sites (tertiary alicyclic amines) is 1. The Balaban J connectivity index is 1.38. The van der Waals surface area contributed by atoms with Gasteiger partial charge in [-0.2, -0.15) is 0 Å². The first kappa shape index (κ1) is 29.3. The van der Waals surface area contributed by atoms with Crippen molar-refractivity contribution in [1.29, 1.82) is 0 Å². The number of ether oxygens (including phenoxy) is 1. The fraction of sp³-hybridized carbons (Fsp3) is 0.432. The molecule has 1 saturated heterocycles. The SMILES string of the molecule is CCOC(=O)NC(CCc1ccccc1)c1c(C(C)c2ccc3c(c2)C2CCN(CC)CC2N3CC)[nH]c2ccccc12. The minimum atomic E-state index is -0.369. The fourth-order valence-corrected chi connectivity index (χ4v) is 7.57. The van der Waals surface area contributed by atoms with E-state index >= 15 is 0 Å². The summed E-state index contributed by atoms with van der Waals surface area (Å²) < 4.78 is 5.39. The number of hydrogen-bond donors (Lipinski definition) is 2. The van der Waals surface area contributed by atoms with E-state index in [0.717, 1.165) is 48.9 Å². The summed E-state index contributed by atoms with van der Waals surface area (Å²) in [6.45, 7) is 13.5. The quantitative estimate of drug-likeness (QED) is 0.202. The second-order valence-corrected chi connectivity index (χ2v) is 12.1. The van der Waals surface area contributed by atoms with Crippen molar-refractivity contribution in [1.82, 2.24) is 15.2 Å². The molecular formula is C37H46N4O2. The zero-order valence-corrected chi connectivity index (χ0v) is 26.1. The van der Waals surface area contributed by atoms with Gasteiger partial charge in [0.25, 0.3) is 0 Å². The summed E-state index contributed by atoms with van der Waals surface area (Å²) in [4.78, 5) is 21.9. The third-order valence-corrected chi connectivity index (χ3v) is 9.81. The second kappa shape index (κ2) is 12.8. The zero-order chi connectivity index (χ0) is 29.9. The molecule has 2 N–H and O–H groups in total. The Morgan fingerprint density at radius 2 is 1.81 bits per heavy atom. The first-order valence-corrected chi connectivity index (χ1v) is 16.2. The van der Waals surface area contributed by atoms with E-state index in [1.54, 1.807) is 0 Å². The first-order chi connectivity index (χ1) is 21.0. The molecule has 6 heteroatoms. The molecule has 6 rings (SSSR count). The highest BCUT2D eigenvalue weighted by atomic mass is 16.5. The van der Waals surface area contributed by atoms with Gasteiger partial charge in [-0.15, -0.1) is 0 Å². The predicted molar refractivity (Wildman–Crippen MR) is 176 cm³/mol. The van der Waals surface area contributed by atoms with Gasteiger partial charge in [0.1, 0.15) is 0 Å². The highest BCUT2D eigenvalue weighted by Crippen LogP contribution is 2.47. The van der Waals surface area contributed by atoms with Gasteiger partial charge in [-0.25, -0.2) is 4.79 Å². The number of anilines is 1. The van der Waals surface area contributed by atoms with Crippen LogP contribution < -0.4 is 10.2 Å². The van der Waals surface area contributed by atoms with E-state index in [1.807, 2.05) is 13.0 Å². The number of hydrogen-bond acceptors (Lipinski definition) is 4. The third kappa shape index (κ3) is 5.77. The molecule has 0 bridgehead atoms. The molecule has 0 saturated carbocycles. The van der Waals surface area contributed by atoms with Gasteiger partial charge in [0.2, 0.25) is 0 Å². The number of para-hydroxylation sites is 1. The molecular weight excluding hydrogens is 532 g/mol. The van der Waals surface area contributed by atoms with Gasteiger partial charge < -0.3 is 24.8 Å². The average Bonchev–Trinajstić information content (AvgIpc) is 3.58. The Kier molecular flexibility index (Phi) is 8.75. The van der Waals surface area contributed by atoms with Crippen molar-refractivity contribution in [3.05, 3.63) is 101 Å². The zero-order valence-electron chi connectivity index (χ0n) is 26.1. The van der Waals surface area contributed by atoms with Gasteiger partial charge in [0.15, 0.2) is 0 Å². The van der Waals surface area contributed by atoms with Crippen molar-refractivity contribution in [3.63, 3.8) is 0 Å². The second-order valence-electron chi connectivity index (χ2n) is 12.1. The van der Waals surface area contributed by atoms with Crippen molar-refractivity contribution in [3.8, 4) is 0 Å². The van der Waals surface area contributed by atoms with Crippen LogP contribution in [0.25, 0.3) is 10.9 Å². The molecule has 226 valence electrons. The van der Waals surface area contributed by atoms with Crippen LogP contribution in [0.1, 0.15) is 86.4 Å². The maximum absolute atomic E-state index is 12.9. The molecule has 1 fully saturated rings. The number of nitrogens with zero attached hydrogens (tertiary/aromatic N) is 2. The minimum Gasteiger partial charge on any atom is -0.450 e. The number of benzene rings is 3. The molecule has 0 aliphatic carbocycles. The number of amides is 1. The summed E-state index contributed by atoms with van der Waals surface area (Å²) in [5.41, 5.74) is 8.92. The molecule has 3 heterocycles. The molecule has 1 amide bonds. The van der Waals surface area contributed by atoms with Crippen LogP contribution in [0, 0.1) is 0 Å². The number of aromatic nitrogens is 1. The molecule has 4 aromatic rings. The number of rotatable bonds is 10. The lowest BCUT2D eigenvalue weighted by Crippen LogP contribution is -2.48. The average molecular weight is 579 g/mol. The molecule has 2 aliphatic rings. The molecule has 3 aromatic carbocycles. The van der Waals surface area contributed by atoms with Crippen LogP contribution in [0.15, 0.2) is 72.8 Å². The maximum atomic E-state index is 12.9. The summed E-state index contributed by atoms with van der Waals surface area (Å²) in [5, 5.41) is 4.40. The number of likely N-dealkylation sites (N-methyl/N-ethyl adjacent to an activating group) is 2. The van der Waals surface area contributed by atoms with E-state index < -0.39 is 0 Å². The van der Waals surface area contributed by atoms with Gasteiger partial charge in [0.05, 0.1) is 12.6 Å². The number of piperidine rings is 1. The third-order valence-electron chi connectivity index (χ3n) is 9.81. The molecule has 43 heavy (non-hydrogen) atoms. The molecule has 6 nitrogen and oxygen atoms in total. The van der Waals surface area contributed by atoms with E-state index in [9.17, 15) is 4.79 Å². The topological polar surface area (TPSA) is 60.6 Å². The van der Waals surface area contributed by atoms with E-state index in [1.165, 1.54) is 41.0 Å². The molecule has 4 atom stereocenters. The van der Waals surface area contributed by atoms with Gasteiger partial charge in [0, 0.05) is 58.8 Å². The predicted octanol–water partition coefficient (Wildman–Crippen LogP) is 7.76. The number of aryl methyl sites for hydroxylation is 1. The van der Waals surface area contributed by atoms with E-state index in [-0.39, 0.29) is 18.1 Å². The van der Waals surface area contributed by atoms with Crippen LogP contribution in [0.3, 0.4) is 0 Å². The van der Waals surface area contributed by atoms with Gasteiger partial charge in [-0.3, -0.25) is 0 Å². The normalized spacial score (nSPS) is 19.6. The van der Waals surface area contributed by atoms with Crippen LogP contribution in [0.4, 0.5) is 10.5 Å². The van der Waals surface area contributed by atoms with E-state index in [4.69, 9.17) is 4.74 Å². The molecule has 0 spiro atoms. The Labute approximate surface area is 256 Å². The van der Waals surface area contributed by atoms with E-state index in [0.29, 0.717) is 18.6 Å². The summed E-state index contributed by atoms with van der Waals surface area (Å²) in [7, 11) is 0. The maximum Gasteiger partial charge on any atom is 0.407 e. The number of carbonyl (C=O) groups is 1. The van der Waals surface area contributed by atoms with Gasteiger partial charge >= 0.3 is 6.09 Å². The number of alkyl carbamates (subject to hydrolysis) is 1. The number of carbonyl (C=O) groups excluding carboxylic acids is 1. The Hall–Kier alpha value is -3.77. The van der Waals surface area contributed by atoms with Crippen LogP contribution in [-0.2, 0) is 11.2 Å². The summed E-state index contributed by atoms with van der Waals surface area (Å²) in [6, 6.07) is 26.5. The smallest absolute Gasteiger partial charge is 0.407 e. The van der Waals surface area contributed by atoms with Gasteiger partial charge in [-0.1, -0.05) is 74.5 Å². The van der Waals surface area contributed by atoms with Crippen LogP contribution in [0.2, 0.25) is 0 Å². The Bertz CT molecular complexity index is 1550. The number of aromatic amines is 1. The first-order valence-electron chi connectivity index (χ1n) is 16.2. The number of H-pyrrole nitrogens is 1. The van der Waals surface area contributed by atoms with E-state index in [2.05, 4.69) is 108 Å². The van der Waals surface area contributed by atoms with Crippen molar-refractivity contribution in [2.75, 3.05) is 37.7 Å². The Morgan fingerprint density at radius 3 is 2.58 bits per heavy atom. The number of fused-ring (bicyclic) bond motifs is 4. The highest BCUT2D eigenvalue weighted by molar-refractivity contribution is 5.86. The lowest BCUT2D eigenvalue weighted by Gasteiger charge is -2.38. The van der Waals surface area contributed by atoms with Crippen molar-refractivity contribution >= 4 is 22.7 Å². The standard InChI is InChI=1S/C37H46N4O2/c1-5-40-22-21-28-30-23-27(18-20-33(30)41(6-2)34(28)24-40)25(4)36-35(29-15-11-12-16-31(29)38-36)32(39-37(42)43-7-3)19-17-26-13-9-8-10-14-26/h8-16,18,20,23,25,28,32,34,38H,5-7,17,19,21-22,24H2,1-4H3,(H,39,42). The lowest BCUT2D eigenvalue weighted by atomic mass is 9.84. The molecule has 0 radical (unpaired) electrons. The highest BCUT2D eigenvalue weighted by Gasteiger charge is 2.41. The van der Waals surface area contributed by atoms with Crippen molar-refractivity contribution in [2.45, 2.75) is 70.9 Å². The number of nitrogens with one attached hydrogen (secondary N) is 2. The lowest BCUT2D eigenvalue weighted by molar-refractivity contribution is 0.147. The molecule has 1 aromatic heterocycles. The Morgan fingerprint density at radius 1 is 1.02 bits per heavy atom. The monoisotopic (exact) mass is 578 g/mol. The van der Waals surface area contributed by atoms with Crippen LogP contribution in [0.5, 0.6) is 0 Å². The molecule has 4 unspecified atom stereocenters. The van der Waals surface area contributed by atoms with Gasteiger partial charge in [-0.05, 0) is 75.0 Å².